The molecule has 2 unspecified atom stereocenters. The van der Waals surface area contributed by atoms with Crippen LogP contribution < -0.4 is 0 Å². The molecule has 1 fully saturated rings. The smallest absolute Gasteiger partial charge is 0.416 e. The van der Waals surface area contributed by atoms with Crippen LogP contribution in [0.2, 0.25) is 0 Å². The third kappa shape index (κ3) is 14.5. The number of aromatic nitrogens is 1. The molecule has 1 aliphatic rings. The standard InChI is InChI=1S/C31H52N2O4/c1-3-4-5-6-7-8-9-10-11-12-13-14-15-16-17-21-29-22-23-30(37-29)26-36-31(35)33(27(2)34)25-28-20-18-19-24-32-28/h18-20,24,29-30H,3-17,21-23,25-26H2,1-2H3. The normalized spacial score (nSPS) is 17.1. The summed E-state index contributed by atoms with van der Waals surface area (Å²) in [4.78, 5) is 29.7. The molecule has 2 heterocycles. The van der Waals surface area contributed by atoms with Crippen molar-refractivity contribution in [3.05, 3.63) is 30.1 Å². The molecule has 1 aliphatic heterocycles. The van der Waals surface area contributed by atoms with Crippen molar-refractivity contribution < 1.29 is 19.1 Å². The van der Waals surface area contributed by atoms with E-state index in [-0.39, 0.29) is 31.3 Å². The van der Waals surface area contributed by atoms with Gasteiger partial charge in [-0.1, -0.05) is 109 Å². The van der Waals surface area contributed by atoms with Crippen LogP contribution in [0, 0.1) is 0 Å². The Hall–Kier alpha value is -1.95. The third-order valence-corrected chi connectivity index (χ3v) is 7.36. The van der Waals surface area contributed by atoms with Gasteiger partial charge in [0.15, 0.2) is 0 Å². The van der Waals surface area contributed by atoms with Crippen molar-refractivity contribution in [3.63, 3.8) is 0 Å². The number of ether oxygens (including phenoxy) is 2. The number of hydrogen-bond acceptors (Lipinski definition) is 5. The summed E-state index contributed by atoms with van der Waals surface area (Å²) in [6.45, 7) is 3.95. The molecule has 2 atom stereocenters. The van der Waals surface area contributed by atoms with Crippen molar-refractivity contribution in [2.24, 2.45) is 0 Å². The van der Waals surface area contributed by atoms with Gasteiger partial charge in [0, 0.05) is 13.1 Å². The van der Waals surface area contributed by atoms with E-state index in [9.17, 15) is 9.59 Å². The van der Waals surface area contributed by atoms with Gasteiger partial charge in [0.1, 0.15) is 6.61 Å². The van der Waals surface area contributed by atoms with Crippen LogP contribution in [0.5, 0.6) is 0 Å². The van der Waals surface area contributed by atoms with Gasteiger partial charge in [-0.15, -0.1) is 0 Å². The molecule has 1 saturated heterocycles. The van der Waals surface area contributed by atoms with E-state index in [1.54, 1.807) is 18.3 Å². The Bertz CT molecular complexity index is 727. The summed E-state index contributed by atoms with van der Waals surface area (Å²) in [7, 11) is 0. The highest BCUT2D eigenvalue weighted by atomic mass is 16.6. The Morgan fingerprint density at radius 2 is 1.43 bits per heavy atom. The second-order valence-electron chi connectivity index (χ2n) is 10.7. The van der Waals surface area contributed by atoms with Crippen molar-refractivity contribution >= 4 is 12.0 Å². The number of unbranched alkanes of at least 4 members (excludes halogenated alkanes) is 14. The molecule has 0 N–H and O–H groups in total. The van der Waals surface area contributed by atoms with Gasteiger partial charge in [-0.25, -0.2) is 9.69 Å². The zero-order valence-electron chi connectivity index (χ0n) is 23.6. The Kier molecular flexibility index (Phi) is 17.0. The highest BCUT2D eigenvalue weighted by Crippen LogP contribution is 2.25. The Morgan fingerprint density at radius 3 is 1.97 bits per heavy atom. The van der Waals surface area contributed by atoms with Gasteiger partial charge in [0.2, 0.25) is 5.91 Å². The number of rotatable bonds is 20. The molecule has 2 amide bonds. The monoisotopic (exact) mass is 516 g/mol. The number of pyridine rings is 1. The van der Waals surface area contributed by atoms with Crippen molar-refractivity contribution in [1.29, 1.82) is 0 Å². The average Bonchev–Trinajstić information content (AvgIpc) is 3.36. The molecule has 1 aromatic heterocycles. The van der Waals surface area contributed by atoms with Gasteiger partial charge in [-0.05, 0) is 31.4 Å². The number of imide groups is 1. The number of nitrogens with zero attached hydrogens (tertiary/aromatic N) is 2. The van der Waals surface area contributed by atoms with Gasteiger partial charge in [0.25, 0.3) is 0 Å². The number of amides is 2. The first-order valence-electron chi connectivity index (χ1n) is 15.1. The third-order valence-electron chi connectivity index (χ3n) is 7.36. The lowest BCUT2D eigenvalue weighted by Crippen LogP contribution is -2.36. The number of carbonyl (C=O) groups is 2. The largest absolute Gasteiger partial charge is 0.446 e. The summed E-state index contributed by atoms with van der Waals surface area (Å²) in [6, 6.07) is 5.41. The van der Waals surface area contributed by atoms with E-state index in [4.69, 9.17) is 9.47 Å². The fraction of sp³-hybridized carbons (Fsp3) is 0.774. The van der Waals surface area contributed by atoms with Crippen molar-refractivity contribution in [3.8, 4) is 0 Å². The SMILES string of the molecule is CCCCCCCCCCCCCCCCCC1CCC(COC(=O)N(Cc2ccccn2)C(C)=O)O1. The van der Waals surface area contributed by atoms with Crippen LogP contribution in [0.25, 0.3) is 0 Å². The molecule has 0 spiro atoms. The minimum absolute atomic E-state index is 0.0750. The van der Waals surface area contributed by atoms with E-state index in [1.807, 2.05) is 6.07 Å². The number of hydrogen-bond donors (Lipinski definition) is 0. The quantitative estimate of drug-likeness (QED) is 0.163. The molecule has 0 aliphatic carbocycles. The number of carbonyl (C=O) groups excluding carboxylic acids is 2. The summed E-state index contributed by atoms with van der Waals surface area (Å²) in [5, 5.41) is 0. The first-order chi connectivity index (χ1) is 18.1. The molecule has 2 rings (SSSR count). The fourth-order valence-electron chi connectivity index (χ4n) is 5.06. The van der Waals surface area contributed by atoms with Gasteiger partial charge in [0.05, 0.1) is 24.4 Å². The minimum atomic E-state index is -0.632. The molecule has 1 aromatic rings. The van der Waals surface area contributed by atoms with Crippen LogP contribution in [0.1, 0.15) is 135 Å². The van der Waals surface area contributed by atoms with Gasteiger partial charge in [-0.3, -0.25) is 9.78 Å². The van der Waals surface area contributed by atoms with Gasteiger partial charge >= 0.3 is 6.09 Å². The predicted molar refractivity (Wildman–Crippen MR) is 149 cm³/mol. The maximum atomic E-state index is 12.5. The van der Waals surface area contributed by atoms with E-state index in [0.717, 1.165) is 24.2 Å². The first-order valence-corrected chi connectivity index (χ1v) is 15.1. The van der Waals surface area contributed by atoms with Crippen molar-refractivity contribution in [1.82, 2.24) is 9.88 Å². The molecular weight excluding hydrogens is 464 g/mol. The highest BCUT2D eigenvalue weighted by molar-refractivity contribution is 5.90. The van der Waals surface area contributed by atoms with Gasteiger partial charge in [-0.2, -0.15) is 0 Å². The Morgan fingerprint density at radius 1 is 0.865 bits per heavy atom. The van der Waals surface area contributed by atoms with Crippen LogP contribution in [-0.2, 0) is 20.8 Å². The molecule has 6 nitrogen and oxygen atoms in total. The second kappa shape index (κ2) is 20.1. The summed E-state index contributed by atoms with van der Waals surface area (Å²) >= 11 is 0. The van der Waals surface area contributed by atoms with Crippen LogP contribution in [0.15, 0.2) is 24.4 Å². The fourth-order valence-corrected chi connectivity index (χ4v) is 5.06. The lowest BCUT2D eigenvalue weighted by molar-refractivity contribution is -0.128. The Labute approximate surface area is 225 Å². The van der Waals surface area contributed by atoms with Crippen LogP contribution in [-0.4, -0.2) is 40.7 Å². The molecule has 0 saturated carbocycles. The van der Waals surface area contributed by atoms with Crippen LogP contribution in [0.4, 0.5) is 4.79 Å². The highest BCUT2D eigenvalue weighted by Gasteiger charge is 2.27. The lowest BCUT2D eigenvalue weighted by Gasteiger charge is -2.20. The maximum Gasteiger partial charge on any atom is 0.416 e. The molecule has 0 aromatic carbocycles. The maximum absolute atomic E-state index is 12.5. The minimum Gasteiger partial charge on any atom is -0.446 e. The summed E-state index contributed by atoms with van der Waals surface area (Å²) in [6.07, 6.45) is 24.8. The average molecular weight is 517 g/mol. The van der Waals surface area contributed by atoms with E-state index < -0.39 is 6.09 Å². The van der Waals surface area contributed by atoms with Crippen molar-refractivity contribution in [2.75, 3.05) is 6.61 Å². The second-order valence-corrected chi connectivity index (χ2v) is 10.7. The molecule has 0 radical (unpaired) electrons. The first kappa shape index (κ1) is 31.3. The van der Waals surface area contributed by atoms with E-state index in [1.165, 1.54) is 103 Å². The molecule has 6 heteroatoms. The topological polar surface area (TPSA) is 68.7 Å². The van der Waals surface area contributed by atoms with E-state index in [2.05, 4.69) is 11.9 Å². The molecule has 210 valence electrons. The zero-order chi connectivity index (χ0) is 26.6. The van der Waals surface area contributed by atoms with Crippen LogP contribution >= 0.6 is 0 Å². The predicted octanol–water partition coefficient (Wildman–Crippen LogP) is 8.38. The van der Waals surface area contributed by atoms with E-state index in [0.29, 0.717) is 5.69 Å². The summed E-state index contributed by atoms with van der Waals surface area (Å²) in [5.41, 5.74) is 0.648. The van der Waals surface area contributed by atoms with E-state index >= 15 is 0 Å². The molecular formula is C31H52N2O4. The zero-order valence-corrected chi connectivity index (χ0v) is 23.6. The van der Waals surface area contributed by atoms with Crippen LogP contribution in [0.3, 0.4) is 0 Å². The Balaban J connectivity index is 1.43. The molecule has 37 heavy (non-hydrogen) atoms. The molecule has 0 bridgehead atoms. The summed E-state index contributed by atoms with van der Waals surface area (Å²) in [5.74, 6) is -0.353. The van der Waals surface area contributed by atoms with Crippen molar-refractivity contribution in [2.45, 2.75) is 148 Å². The summed E-state index contributed by atoms with van der Waals surface area (Å²) < 4.78 is 11.5. The lowest BCUT2D eigenvalue weighted by atomic mass is 10.0. The van der Waals surface area contributed by atoms with Gasteiger partial charge < -0.3 is 9.47 Å².